The topological polar surface area (TPSA) is 83.0 Å². The number of hydrogen-bond donors (Lipinski definition) is 1. The van der Waals surface area contributed by atoms with E-state index in [0.717, 1.165) is 22.1 Å². The Morgan fingerprint density at radius 2 is 2.08 bits per heavy atom. The lowest BCUT2D eigenvalue weighted by molar-refractivity contribution is -0.115. The maximum atomic E-state index is 11.1. The summed E-state index contributed by atoms with van der Waals surface area (Å²) in [7, 11) is 0. The van der Waals surface area contributed by atoms with Gasteiger partial charge in [0.2, 0.25) is 5.91 Å². The van der Waals surface area contributed by atoms with Gasteiger partial charge >= 0.3 is 0 Å². The summed E-state index contributed by atoms with van der Waals surface area (Å²) in [5, 5.41) is 11.1. The van der Waals surface area contributed by atoms with E-state index in [1.54, 1.807) is 11.3 Å². The number of thioether (sulfide) groups is 1. The number of rotatable bonds is 7. The number of primary amides is 1. The summed E-state index contributed by atoms with van der Waals surface area (Å²) < 4.78 is 7.41. The molecule has 0 unspecified atom stereocenters. The van der Waals surface area contributed by atoms with E-state index in [9.17, 15) is 4.79 Å². The van der Waals surface area contributed by atoms with Gasteiger partial charge in [0.15, 0.2) is 11.0 Å². The quantitative estimate of drug-likeness (QED) is 0.655. The van der Waals surface area contributed by atoms with Gasteiger partial charge in [-0.15, -0.1) is 21.5 Å². The Labute approximate surface area is 147 Å². The van der Waals surface area contributed by atoms with Crippen LogP contribution in [0.4, 0.5) is 0 Å². The molecule has 0 fully saturated rings. The predicted octanol–water partition coefficient (Wildman–Crippen LogP) is 2.97. The fourth-order valence-electron chi connectivity index (χ4n) is 2.16. The predicted molar refractivity (Wildman–Crippen MR) is 95.8 cm³/mol. The minimum atomic E-state index is -0.390. The van der Waals surface area contributed by atoms with Crippen molar-refractivity contribution < 1.29 is 9.53 Å². The first-order valence-electron chi connectivity index (χ1n) is 7.32. The van der Waals surface area contributed by atoms with Crippen LogP contribution < -0.4 is 10.5 Å². The molecular weight excluding hydrogens is 344 g/mol. The van der Waals surface area contributed by atoms with Gasteiger partial charge in [-0.25, -0.2) is 0 Å². The van der Waals surface area contributed by atoms with Crippen LogP contribution in [0.5, 0.6) is 5.75 Å². The normalized spacial score (nSPS) is 10.7. The van der Waals surface area contributed by atoms with Crippen LogP contribution in [0.1, 0.15) is 6.92 Å². The second-order valence-corrected chi connectivity index (χ2v) is 6.69. The number of thiophene rings is 1. The maximum Gasteiger partial charge on any atom is 0.227 e. The van der Waals surface area contributed by atoms with Crippen molar-refractivity contribution in [3.05, 3.63) is 41.8 Å². The highest BCUT2D eigenvalue weighted by molar-refractivity contribution is 7.99. The molecule has 3 aromatic rings. The molecule has 0 saturated heterocycles. The summed E-state index contributed by atoms with van der Waals surface area (Å²) in [6.45, 7) is 2.56. The molecule has 6 nitrogen and oxygen atoms in total. The van der Waals surface area contributed by atoms with Crippen molar-refractivity contribution >= 4 is 29.0 Å². The Kier molecular flexibility index (Phi) is 5.17. The first kappa shape index (κ1) is 16.5. The van der Waals surface area contributed by atoms with E-state index in [0.29, 0.717) is 11.8 Å². The molecule has 24 heavy (non-hydrogen) atoms. The number of ether oxygens (including phenoxy) is 1. The first-order chi connectivity index (χ1) is 11.7. The Hall–Kier alpha value is -2.32. The fraction of sp³-hybridized carbons (Fsp3) is 0.188. The molecule has 2 N–H and O–H groups in total. The van der Waals surface area contributed by atoms with Crippen molar-refractivity contribution in [1.82, 2.24) is 14.8 Å². The SMILES string of the molecule is CCOc1ccc(-n2c(SCC(N)=O)nnc2-c2cccs2)cc1. The van der Waals surface area contributed by atoms with Crippen molar-refractivity contribution in [2.45, 2.75) is 12.1 Å². The Bertz CT molecular complexity index is 813. The molecule has 0 aliphatic rings. The molecule has 1 amide bonds. The van der Waals surface area contributed by atoms with Crippen molar-refractivity contribution in [2.75, 3.05) is 12.4 Å². The van der Waals surface area contributed by atoms with Crippen molar-refractivity contribution in [3.8, 4) is 22.1 Å². The number of carbonyl (C=O) groups is 1. The van der Waals surface area contributed by atoms with Gasteiger partial charge in [0.1, 0.15) is 5.75 Å². The van der Waals surface area contributed by atoms with Crippen molar-refractivity contribution in [2.24, 2.45) is 5.73 Å². The van der Waals surface area contributed by atoms with Gasteiger partial charge in [-0.3, -0.25) is 9.36 Å². The average molecular weight is 360 g/mol. The highest BCUT2D eigenvalue weighted by Crippen LogP contribution is 2.30. The number of nitrogens with zero attached hydrogens (tertiary/aromatic N) is 3. The van der Waals surface area contributed by atoms with Gasteiger partial charge in [0.25, 0.3) is 0 Å². The van der Waals surface area contributed by atoms with Gasteiger partial charge < -0.3 is 10.5 Å². The van der Waals surface area contributed by atoms with Crippen LogP contribution in [-0.4, -0.2) is 33.0 Å². The van der Waals surface area contributed by atoms with Gasteiger partial charge in [-0.1, -0.05) is 17.8 Å². The van der Waals surface area contributed by atoms with E-state index in [2.05, 4.69) is 10.2 Å². The number of nitrogens with two attached hydrogens (primary N) is 1. The fourth-order valence-corrected chi connectivity index (χ4v) is 3.54. The third-order valence-electron chi connectivity index (χ3n) is 3.12. The summed E-state index contributed by atoms with van der Waals surface area (Å²) >= 11 is 2.86. The second kappa shape index (κ2) is 7.50. The van der Waals surface area contributed by atoms with Gasteiger partial charge in [0, 0.05) is 0 Å². The highest BCUT2D eigenvalue weighted by Gasteiger charge is 2.17. The molecule has 0 bridgehead atoms. The molecule has 2 aromatic heterocycles. The number of benzene rings is 1. The van der Waals surface area contributed by atoms with Crippen LogP contribution in [0.2, 0.25) is 0 Å². The summed E-state index contributed by atoms with van der Waals surface area (Å²) in [5.41, 5.74) is 6.15. The molecule has 0 atom stereocenters. The summed E-state index contributed by atoms with van der Waals surface area (Å²) in [5.74, 6) is 1.30. The standard InChI is InChI=1S/C16H16N4O2S2/c1-2-22-12-7-5-11(6-8-12)20-15(13-4-3-9-23-13)18-19-16(20)24-10-14(17)21/h3-9H,2,10H2,1H3,(H2,17,21). The lowest BCUT2D eigenvalue weighted by atomic mass is 10.3. The van der Waals surface area contributed by atoms with Crippen LogP contribution in [0.15, 0.2) is 46.9 Å². The van der Waals surface area contributed by atoms with Crippen LogP contribution >= 0.6 is 23.1 Å². The zero-order chi connectivity index (χ0) is 16.9. The van der Waals surface area contributed by atoms with E-state index < -0.39 is 0 Å². The maximum absolute atomic E-state index is 11.1. The van der Waals surface area contributed by atoms with E-state index in [4.69, 9.17) is 10.5 Å². The Balaban J connectivity index is 2.01. The molecule has 0 aliphatic carbocycles. The lowest BCUT2D eigenvalue weighted by Crippen LogP contribution is -2.13. The number of aromatic nitrogens is 3. The third kappa shape index (κ3) is 3.60. The van der Waals surface area contributed by atoms with Gasteiger partial charge in [0.05, 0.1) is 22.9 Å². The Morgan fingerprint density at radius 3 is 2.71 bits per heavy atom. The summed E-state index contributed by atoms with van der Waals surface area (Å²) in [4.78, 5) is 12.1. The van der Waals surface area contributed by atoms with Crippen LogP contribution in [0.25, 0.3) is 16.4 Å². The molecule has 0 radical (unpaired) electrons. The zero-order valence-corrected chi connectivity index (χ0v) is 14.6. The number of amides is 1. The smallest absolute Gasteiger partial charge is 0.227 e. The molecular formula is C16H16N4O2S2. The molecule has 124 valence electrons. The van der Waals surface area contributed by atoms with Crippen LogP contribution in [0, 0.1) is 0 Å². The van der Waals surface area contributed by atoms with E-state index in [-0.39, 0.29) is 11.7 Å². The minimum Gasteiger partial charge on any atom is -0.494 e. The van der Waals surface area contributed by atoms with E-state index in [1.165, 1.54) is 11.8 Å². The van der Waals surface area contributed by atoms with E-state index >= 15 is 0 Å². The van der Waals surface area contributed by atoms with Crippen LogP contribution in [0.3, 0.4) is 0 Å². The van der Waals surface area contributed by atoms with Gasteiger partial charge in [-0.2, -0.15) is 0 Å². The first-order valence-corrected chi connectivity index (χ1v) is 9.19. The van der Waals surface area contributed by atoms with Crippen molar-refractivity contribution in [1.29, 1.82) is 0 Å². The zero-order valence-electron chi connectivity index (χ0n) is 13.0. The minimum absolute atomic E-state index is 0.152. The molecule has 0 aliphatic heterocycles. The van der Waals surface area contributed by atoms with E-state index in [1.807, 2.05) is 53.3 Å². The highest BCUT2D eigenvalue weighted by atomic mass is 32.2. The largest absolute Gasteiger partial charge is 0.494 e. The molecule has 8 heteroatoms. The lowest BCUT2D eigenvalue weighted by Gasteiger charge is -2.10. The molecule has 0 saturated carbocycles. The number of hydrogen-bond acceptors (Lipinski definition) is 6. The third-order valence-corrected chi connectivity index (χ3v) is 4.94. The molecule has 2 heterocycles. The summed E-state index contributed by atoms with van der Waals surface area (Å²) in [6.07, 6.45) is 0. The molecule has 3 rings (SSSR count). The molecule has 1 aromatic carbocycles. The average Bonchev–Trinajstić information content (AvgIpc) is 3.23. The summed E-state index contributed by atoms with van der Waals surface area (Å²) in [6, 6.07) is 11.6. The molecule has 0 spiro atoms. The Morgan fingerprint density at radius 1 is 1.29 bits per heavy atom. The van der Waals surface area contributed by atoms with Gasteiger partial charge in [-0.05, 0) is 42.6 Å². The van der Waals surface area contributed by atoms with Crippen molar-refractivity contribution in [3.63, 3.8) is 0 Å². The monoisotopic (exact) mass is 360 g/mol. The second-order valence-electron chi connectivity index (χ2n) is 4.80. The number of carbonyl (C=O) groups excluding carboxylic acids is 1. The van der Waals surface area contributed by atoms with Crippen LogP contribution in [-0.2, 0) is 4.79 Å².